The van der Waals surface area contributed by atoms with Crippen LogP contribution < -0.4 is 10.1 Å². The van der Waals surface area contributed by atoms with Crippen LogP contribution in [0.1, 0.15) is 5.56 Å². The predicted octanol–water partition coefficient (Wildman–Crippen LogP) is 5.12. The maximum atomic E-state index is 6.18. The highest BCUT2D eigenvalue weighted by Crippen LogP contribution is 2.24. The number of hydrogen-bond acceptors (Lipinski definition) is 2. The van der Waals surface area contributed by atoms with Gasteiger partial charge in [-0.3, -0.25) is 0 Å². The van der Waals surface area contributed by atoms with Crippen LogP contribution >= 0.6 is 34.2 Å². The number of halogens is 2. The topological polar surface area (TPSA) is 21.3 Å². The van der Waals surface area contributed by atoms with Gasteiger partial charge in [0.1, 0.15) is 12.4 Å². The van der Waals surface area contributed by atoms with Crippen molar-refractivity contribution >= 4 is 39.9 Å². The molecule has 0 aliphatic heterocycles. The Hall–Kier alpha value is -1.20. The zero-order valence-corrected chi connectivity index (χ0v) is 13.8. The van der Waals surface area contributed by atoms with Gasteiger partial charge in [0, 0.05) is 10.1 Å². The van der Waals surface area contributed by atoms with Gasteiger partial charge < -0.3 is 10.1 Å². The lowest BCUT2D eigenvalue weighted by Crippen LogP contribution is -2.00. The second-order valence-electron chi connectivity index (χ2n) is 4.22. The molecule has 104 valence electrons. The molecule has 0 aliphatic rings. The molecule has 0 aliphatic carbocycles. The number of hydrogen-bond donors (Lipinski definition) is 1. The van der Waals surface area contributed by atoms with E-state index in [1.165, 1.54) is 5.56 Å². The Kier molecular flexibility index (Phi) is 5.73. The van der Waals surface area contributed by atoms with Crippen molar-refractivity contribution < 1.29 is 4.74 Å². The van der Waals surface area contributed by atoms with Gasteiger partial charge in [-0.25, -0.2) is 0 Å². The molecule has 2 rings (SSSR count). The van der Waals surface area contributed by atoms with Gasteiger partial charge in [-0.2, -0.15) is 0 Å². The molecule has 0 unspecified atom stereocenters. The van der Waals surface area contributed by atoms with Gasteiger partial charge in [-0.1, -0.05) is 36.4 Å². The van der Waals surface area contributed by atoms with Crippen LogP contribution in [0.3, 0.4) is 0 Å². The largest absolute Gasteiger partial charge is 0.490 e. The maximum absolute atomic E-state index is 6.18. The Bertz CT molecular complexity index is 584. The summed E-state index contributed by atoms with van der Waals surface area (Å²) < 4.78 is 6.57. The van der Waals surface area contributed by atoms with E-state index in [1.807, 2.05) is 42.5 Å². The van der Waals surface area contributed by atoms with Crippen molar-refractivity contribution in [2.75, 3.05) is 11.9 Å². The molecule has 0 amide bonds. The zero-order valence-electron chi connectivity index (χ0n) is 10.9. The van der Waals surface area contributed by atoms with Crippen LogP contribution in [0.5, 0.6) is 5.75 Å². The predicted molar refractivity (Wildman–Crippen MR) is 93.6 cm³/mol. The van der Waals surface area contributed by atoms with Gasteiger partial charge in [-0.05, 0) is 58.5 Å². The average molecular weight is 400 g/mol. The molecule has 0 radical (unpaired) electrons. The number of benzene rings is 2. The van der Waals surface area contributed by atoms with E-state index in [4.69, 9.17) is 16.3 Å². The molecule has 0 saturated heterocycles. The van der Waals surface area contributed by atoms with Crippen molar-refractivity contribution in [1.82, 2.24) is 0 Å². The van der Waals surface area contributed by atoms with Gasteiger partial charge in [0.05, 0.1) is 10.7 Å². The van der Waals surface area contributed by atoms with E-state index < -0.39 is 0 Å². The number of rotatable bonds is 6. The average Bonchev–Trinajstić information content (AvgIpc) is 2.45. The molecule has 20 heavy (non-hydrogen) atoms. The quantitative estimate of drug-likeness (QED) is 0.537. The van der Waals surface area contributed by atoms with Crippen LogP contribution in [0.15, 0.2) is 55.1 Å². The molecule has 4 heteroatoms. The molecular formula is C16H15ClINO. The van der Waals surface area contributed by atoms with Crippen molar-refractivity contribution in [2.45, 2.75) is 6.54 Å². The highest BCUT2D eigenvalue weighted by atomic mass is 127. The normalized spacial score (nSPS) is 10.1. The molecule has 2 nitrogen and oxygen atoms in total. The van der Waals surface area contributed by atoms with Crippen LogP contribution in [0.25, 0.3) is 0 Å². The van der Waals surface area contributed by atoms with Crippen LogP contribution in [0, 0.1) is 3.57 Å². The maximum Gasteiger partial charge on any atom is 0.119 e. The van der Waals surface area contributed by atoms with Crippen molar-refractivity contribution in [2.24, 2.45) is 0 Å². The molecule has 0 saturated carbocycles. The molecule has 0 fully saturated rings. The highest BCUT2D eigenvalue weighted by Gasteiger charge is 2.01. The first kappa shape index (κ1) is 15.2. The Morgan fingerprint density at radius 2 is 1.95 bits per heavy atom. The molecule has 1 N–H and O–H groups in total. The molecule has 0 atom stereocenters. The lowest BCUT2D eigenvalue weighted by Gasteiger charge is -2.09. The summed E-state index contributed by atoms with van der Waals surface area (Å²) in [5, 5.41) is 4.07. The van der Waals surface area contributed by atoms with Crippen molar-refractivity contribution in [3.05, 3.63) is 69.3 Å². The Balaban J connectivity index is 1.95. The van der Waals surface area contributed by atoms with Gasteiger partial charge in [-0.15, -0.1) is 0 Å². The second kappa shape index (κ2) is 7.55. The highest BCUT2D eigenvalue weighted by molar-refractivity contribution is 14.1. The third-order valence-corrected chi connectivity index (χ3v) is 3.69. The van der Waals surface area contributed by atoms with Crippen LogP contribution in [0.4, 0.5) is 5.69 Å². The standard InChI is InChI=1S/C16H15ClINO/c1-2-9-20-14-6-3-12(4-7-14)11-19-16-8-5-13(18)10-15(16)17/h2-8,10,19H,1,9,11H2. The van der Waals surface area contributed by atoms with Crippen molar-refractivity contribution in [3.8, 4) is 5.75 Å². The summed E-state index contributed by atoms with van der Waals surface area (Å²) >= 11 is 8.42. The number of nitrogens with one attached hydrogen (secondary N) is 1. The third-order valence-electron chi connectivity index (χ3n) is 2.71. The lowest BCUT2D eigenvalue weighted by atomic mass is 10.2. The summed E-state index contributed by atoms with van der Waals surface area (Å²) in [7, 11) is 0. The fourth-order valence-electron chi connectivity index (χ4n) is 1.69. The third kappa shape index (κ3) is 4.42. The molecule has 2 aromatic rings. The minimum Gasteiger partial charge on any atom is -0.490 e. The molecular weight excluding hydrogens is 385 g/mol. The zero-order chi connectivity index (χ0) is 14.4. The van der Waals surface area contributed by atoms with E-state index in [2.05, 4.69) is 34.5 Å². The fourth-order valence-corrected chi connectivity index (χ4v) is 2.61. The molecule has 0 bridgehead atoms. The first-order valence-corrected chi connectivity index (χ1v) is 7.66. The second-order valence-corrected chi connectivity index (χ2v) is 5.87. The number of ether oxygens (including phenoxy) is 1. The monoisotopic (exact) mass is 399 g/mol. The summed E-state index contributed by atoms with van der Waals surface area (Å²) in [5.41, 5.74) is 2.12. The first-order chi connectivity index (χ1) is 9.69. The summed E-state index contributed by atoms with van der Waals surface area (Å²) in [6.45, 7) is 4.87. The fraction of sp³-hybridized carbons (Fsp3) is 0.125. The van der Waals surface area contributed by atoms with Gasteiger partial charge >= 0.3 is 0 Å². The van der Waals surface area contributed by atoms with Crippen molar-refractivity contribution in [1.29, 1.82) is 0 Å². The van der Waals surface area contributed by atoms with Gasteiger partial charge in [0.15, 0.2) is 0 Å². The van der Waals surface area contributed by atoms with E-state index in [0.29, 0.717) is 6.61 Å². The summed E-state index contributed by atoms with van der Waals surface area (Å²) in [6.07, 6.45) is 1.73. The summed E-state index contributed by atoms with van der Waals surface area (Å²) in [4.78, 5) is 0. The van der Waals surface area contributed by atoms with E-state index in [9.17, 15) is 0 Å². The van der Waals surface area contributed by atoms with Crippen LogP contribution in [0.2, 0.25) is 5.02 Å². The number of anilines is 1. The Morgan fingerprint density at radius 3 is 2.60 bits per heavy atom. The van der Waals surface area contributed by atoms with Gasteiger partial charge in [0.25, 0.3) is 0 Å². The van der Waals surface area contributed by atoms with E-state index in [0.717, 1.165) is 26.6 Å². The SMILES string of the molecule is C=CCOc1ccc(CNc2ccc(I)cc2Cl)cc1. The lowest BCUT2D eigenvalue weighted by molar-refractivity contribution is 0.363. The Morgan fingerprint density at radius 1 is 1.20 bits per heavy atom. The van der Waals surface area contributed by atoms with Crippen LogP contribution in [-0.2, 0) is 6.54 Å². The van der Waals surface area contributed by atoms with E-state index in [-0.39, 0.29) is 0 Å². The van der Waals surface area contributed by atoms with Crippen molar-refractivity contribution in [3.63, 3.8) is 0 Å². The van der Waals surface area contributed by atoms with Gasteiger partial charge in [0.2, 0.25) is 0 Å². The van der Waals surface area contributed by atoms with E-state index >= 15 is 0 Å². The Labute approximate surface area is 137 Å². The molecule has 2 aromatic carbocycles. The summed E-state index contributed by atoms with van der Waals surface area (Å²) in [6, 6.07) is 13.9. The van der Waals surface area contributed by atoms with Crippen LogP contribution in [-0.4, -0.2) is 6.61 Å². The molecule has 0 spiro atoms. The minimum absolute atomic E-state index is 0.524. The molecule has 0 aromatic heterocycles. The molecule has 0 heterocycles. The smallest absolute Gasteiger partial charge is 0.119 e. The summed E-state index contributed by atoms with van der Waals surface area (Å²) in [5.74, 6) is 0.848. The first-order valence-electron chi connectivity index (χ1n) is 6.20. The minimum atomic E-state index is 0.524. The van der Waals surface area contributed by atoms with E-state index in [1.54, 1.807) is 6.08 Å².